The molecule has 0 heterocycles. The minimum atomic E-state index is -4.58. The number of amides is 1. The van der Waals surface area contributed by atoms with Crippen LogP contribution in [0.4, 0.5) is 0 Å². The van der Waals surface area contributed by atoms with E-state index >= 15 is 0 Å². The Balaban J connectivity index is 4.74. The third-order valence-corrected chi connectivity index (χ3v) is 7.79. The smallest absolute Gasteiger partial charge is 0.268 e. The summed E-state index contributed by atoms with van der Waals surface area (Å²) in [6.45, 7) is 4.48. The van der Waals surface area contributed by atoms with Crippen molar-refractivity contribution < 1.29 is 32.9 Å². The number of hydrogen-bond donors (Lipinski definition) is 2. The van der Waals surface area contributed by atoms with E-state index in [2.05, 4.69) is 43.5 Å². The van der Waals surface area contributed by atoms with Gasteiger partial charge in [-0.2, -0.15) is 0 Å². The second-order valence-corrected chi connectivity index (χ2v) is 13.6. The molecule has 42 heavy (non-hydrogen) atoms. The highest BCUT2D eigenvalue weighted by Gasteiger charge is 2.23. The van der Waals surface area contributed by atoms with E-state index in [9.17, 15) is 19.4 Å². The molecule has 246 valence electrons. The number of phosphoric acid groups is 1. The Morgan fingerprint density at radius 3 is 1.98 bits per heavy atom. The van der Waals surface area contributed by atoms with Gasteiger partial charge in [0.2, 0.25) is 5.91 Å². The summed E-state index contributed by atoms with van der Waals surface area (Å²) in [5, 5.41) is 13.5. The fraction of sp³-hybridized carbons (Fsp3) is 0.788. The van der Waals surface area contributed by atoms with Crippen LogP contribution in [-0.2, 0) is 18.4 Å². The number of hydrogen-bond acceptors (Lipinski definition) is 6. The molecule has 0 fully saturated rings. The highest BCUT2D eigenvalue weighted by molar-refractivity contribution is 7.45. The van der Waals surface area contributed by atoms with Gasteiger partial charge in [-0.3, -0.25) is 9.36 Å². The molecule has 1 amide bonds. The van der Waals surface area contributed by atoms with Crippen LogP contribution in [0.5, 0.6) is 0 Å². The van der Waals surface area contributed by atoms with Crippen molar-refractivity contribution in [1.29, 1.82) is 0 Å². The van der Waals surface area contributed by atoms with E-state index in [1.807, 2.05) is 27.2 Å². The molecular formula is C33H63N2O6P. The van der Waals surface area contributed by atoms with Crippen molar-refractivity contribution in [2.75, 3.05) is 40.9 Å². The normalized spacial score (nSPS) is 15.5. The molecule has 0 saturated heterocycles. The fourth-order valence-corrected chi connectivity index (χ4v) is 4.81. The van der Waals surface area contributed by atoms with Crippen molar-refractivity contribution in [3.8, 4) is 0 Å². The summed E-state index contributed by atoms with van der Waals surface area (Å²) in [7, 11) is 1.22. The Kier molecular flexibility index (Phi) is 25.4. The molecule has 0 spiro atoms. The molecule has 0 rings (SSSR count). The molecule has 0 aliphatic carbocycles. The first-order valence-corrected chi connectivity index (χ1v) is 17.8. The fourth-order valence-electron chi connectivity index (χ4n) is 4.09. The zero-order valence-corrected chi connectivity index (χ0v) is 28.3. The molecule has 3 atom stereocenters. The maximum absolute atomic E-state index is 12.6. The number of likely N-dealkylation sites (N-methyl/N-ethyl adjacent to an activating group) is 1. The number of nitrogens with zero attached hydrogens (tertiary/aromatic N) is 1. The number of rotatable bonds is 28. The summed E-state index contributed by atoms with van der Waals surface area (Å²) in [5.74, 6) is -0.229. The van der Waals surface area contributed by atoms with Gasteiger partial charge in [0.1, 0.15) is 13.2 Å². The molecule has 0 aliphatic rings. The van der Waals surface area contributed by atoms with E-state index in [0.717, 1.165) is 57.8 Å². The summed E-state index contributed by atoms with van der Waals surface area (Å²) < 4.78 is 22.9. The number of quaternary nitrogens is 1. The highest BCUT2D eigenvalue weighted by atomic mass is 31.2. The Bertz CT molecular complexity index is 794. The lowest BCUT2D eigenvalue weighted by Crippen LogP contribution is -2.45. The van der Waals surface area contributed by atoms with Gasteiger partial charge in [-0.25, -0.2) is 0 Å². The van der Waals surface area contributed by atoms with Crippen molar-refractivity contribution in [2.24, 2.45) is 0 Å². The first kappa shape index (κ1) is 40.7. The van der Waals surface area contributed by atoms with Gasteiger partial charge >= 0.3 is 0 Å². The number of nitrogens with one attached hydrogen (secondary N) is 1. The number of unbranched alkanes of at least 4 members (excludes halogenated alkanes) is 11. The maximum Gasteiger partial charge on any atom is 0.268 e. The van der Waals surface area contributed by atoms with Crippen molar-refractivity contribution in [3.05, 3.63) is 36.5 Å². The van der Waals surface area contributed by atoms with Gasteiger partial charge in [0.15, 0.2) is 0 Å². The van der Waals surface area contributed by atoms with Crippen LogP contribution in [0.2, 0.25) is 0 Å². The van der Waals surface area contributed by atoms with Gasteiger partial charge in [0, 0.05) is 6.42 Å². The van der Waals surface area contributed by atoms with Crippen LogP contribution in [0.1, 0.15) is 117 Å². The zero-order chi connectivity index (χ0) is 31.5. The number of aliphatic hydroxyl groups excluding tert-OH is 1. The predicted molar refractivity (Wildman–Crippen MR) is 173 cm³/mol. The van der Waals surface area contributed by atoms with Gasteiger partial charge in [-0.05, 0) is 51.4 Å². The number of phosphoric ester groups is 1. The predicted octanol–water partition coefficient (Wildman–Crippen LogP) is 6.99. The molecule has 0 aromatic rings. The molecule has 0 saturated carbocycles. The molecule has 0 aromatic carbocycles. The van der Waals surface area contributed by atoms with Crippen molar-refractivity contribution in [2.45, 2.75) is 129 Å². The summed E-state index contributed by atoms with van der Waals surface area (Å²) in [6.07, 6.45) is 27.7. The molecule has 0 aliphatic heterocycles. The van der Waals surface area contributed by atoms with Crippen LogP contribution in [0, 0.1) is 0 Å². The lowest BCUT2D eigenvalue weighted by molar-refractivity contribution is -0.870. The summed E-state index contributed by atoms with van der Waals surface area (Å²) in [5.41, 5.74) is 0. The average molecular weight is 615 g/mol. The molecule has 9 heteroatoms. The minimum absolute atomic E-state index is 0.00951. The third kappa shape index (κ3) is 27.5. The van der Waals surface area contributed by atoms with E-state index < -0.39 is 26.6 Å². The van der Waals surface area contributed by atoms with Gasteiger partial charge in [-0.15, -0.1) is 0 Å². The first-order chi connectivity index (χ1) is 20.0. The SMILES string of the molecule is CCCC/C=C\CCCCCCC(=O)NC(COP(=O)([O-])OCC[N+](C)(C)C)C(O)/C=C/CC/C=C/CCCCCC. The van der Waals surface area contributed by atoms with Crippen molar-refractivity contribution >= 4 is 13.7 Å². The molecule has 0 radical (unpaired) electrons. The Morgan fingerprint density at radius 1 is 0.810 bits per heavy atom. The van der Waals surface area contributed by atoms with Crippen LogP contribution < -0.4 is 10.2 Å². The molecular weight excluding hydrogens is 551 g/mol. The van der Waals surface area contributed by atoms with Crippen LogP contribution >= 0.6 is 7.82 Å². The third-order valence-electron chi connectivity index (χ3n) is 6.82. The largest absolute Gasteiger partial charge is 0.756 e. The zero-order valence-electron chi connectivity index (χ0n) is 27.4. The number of aliphatic hydroxyl groups is 1. The molecule has 8 nitrogen and oxygen atoms in total. The second kappa shape index (κ2) is 26.2. The van der Waals surface area contributed by atoms with Gasteiger partial charge in [0.25, 0.3) is 7.82 Å². The summed E-state index contributed by atoms with van der Waals surface area (Å²) in [4.78, 5) is 24.9. The molecule has 0 aromatic heterocycles. The quantitative estimate of drug-likeness (QED) is 0.0426. The Labute approximate surface area is 257 Å². The molecule has 0 bridgehead atoms. The summed E-state index contributed by atoms with van der Waals surface area (Å²) in [6, 6.07) is -0.902. The summed E-state index contributed by atoms with van der Waals surface area (Å²) >= 11 is 0. The van der Waals surface area contributed by atoms with Crippen LogP contribution in [0.25, 0.3) is 0 Å². The Morgan fingerprint density at radius 2 is 1.36 bits per heavy atom. The highest BCUT2D eigenvalue weighted by Crippen LogP contribution is 2.38. The standard InChI is InChI=1S/C33H63N2O6P/c1-6-8-10-12-14-16-18-20-22-24-26-32(36)31(30-41-42(38,39)40-29-28-35(3,4)5)34-33(37)27-25-23-21-19-17-15-13-11-9-7-2/h13,15-16,18,24,26,31-32,36H,6-12,14,17,19-23,25,27-30H2,1-5H3,(H-,34,37,38,39)/b15-13-,18-16+,26-24+. The number of allylic oxidation sites excluding steroid dienone is 5. The van der Waals surface area contributed by atoms with Crippen LogP contribution in [0.15, 0.2) is 36.5 Å². The van der Waals surface area contributed by atoms with Gasteiger partial charge in [0.05, 0.1) is 39.9 Å². The van der Waals surface area contributed by atoms with E-state index in [-0.39, 0.29) is 12.5 Å². The first-order valence-electron chi connectivity index (χ1n) is 16.4. The van der Waals surface area contributed by atoms with Crippen LogP contribution in [-0.4, -0.2) is 68.5 Å². The number of carbonyl (C=O) groups is 1. The monoisotopic (exact) mass is 614 g/mol. The van der Waals surface area contributed by atoms with E-state index in [0.29, 0.717) is 17.4 Å². The Hall–Kier alpha value is -1.28. The van der Waals surface area contributed by atoms with Gasteiger partial charge < -0.3 is 28.8 Å². The lowest BCUT2D eigenvalue weighted by Gasteiger charge is -2.29. The topological polar surface area (TPSA) is 108 Å². The van der Waals surface area contributed by atoms with E-state index in [1.165, 1.54) is 38.5 Å². The second-order valence-electron chi connectivity index (χ2n) is 12.1. The van der Waals surface area contributed by atoms with E-state index in [1.54, 1.807) is 6.08 Å². The molecule has 3 unspecified atom stereocenters. The minimum Gasteiger partial charge on any atom is -0.756 e. The van der Waals surface area contributed by atoms with Crippen LogP contribution in [0.3, 0.4) is 0 Å². The van der Waals surface area contributed by atoms with E-state index in [4.69, 9.17) is 9.05 Å². The maximum atomic E-state index is 12.6. The van der Waals surface area contributed by atoms with Crippen molar-refractivity contribution in [3.63, 3.8) is 0 Å². The molecule has 2 N–H and O–H groups in total. The van der Waals surface area contributed by atoms with Crippen molar-refractivity contribution in [1.82, 2.24) is 5.32 Å². The van der Waals surface area contributed by atoms with Gasteiger partial charge in [-0.1, -0.05) is 95.2 Å². The average Bonchev–Trinajstić information content (AvgIpc) is 2.92. The lowest BCUT2D eigenvalue weighted by atomic mass is 10.1. The number of carbonyl (C=O) groups excluding carboxylic acids is 1.